The van der Waals surface area contributed by atoms with Crippen LogP contribution in [-0.4, -0.2) is 24.1 Å². The lowest BCUT2D eigenvalue weighted by Gasteiger charge is -2.19. The molecular formula is C16H19N3. The number of para-hydroxylation sites is 1. The molecule has 3 heteroatoms. The van der Waals surface area contributed by atoms with E-state index in [1.807, 2.05) is 19.1 Å². The largest absolute Gasteiger partial charge is 0.369 e. The minimum atomic E-state index is 0.481. The molecule has 0 spiro atoms. The number of hydrogen-bond donors (Lipinski definition) is 1. The zero-order valence-corrected chi connectivity index (χ0v) is 11.2. The van der Waals surface area contributed by atoms with Gasteiger partial charge in [0.25, 0.3) is 0 Å². The first kappa shape index (κ1) is 12.0. The first-order chi connectivity index (χ1) is 9.31. The van der Waals surface area contributed by atoms with Crippen molar-refractivity contribution >= 4 is 11.5 Å². The Morgan fingerprint density at radius 3 is 2.74 bits per heavy atom. The molecule has 19 heavy (non-hydrogen) atoms. The van der Waals surface area contributed by atoms with E-state index in [2.05, 4.69) is 51.6 Å². The van der Waals surface area contributed by atoms with Gasteiger partial charge in [-0.1, -0.05) is 24.3 Å². The molecule has 1 aromatic heterocycles. The maximum Gasteiger partial charge on any atom is 0.126 e. The molecule has 1 aliphatic rings. The Labute approximate surface area is 114 Å². The topological polar surface area (TPSA) is 28.2 Å². The standard InChI is InChI=1S/C16H19N3/c1-13-6-5-9-16(17-13)18-14-10-11-19(12-14)15-7-3-2-4-8-15/h2-9,14H,10-12H2,1H3,(H,17,18). The molecule has 3 nitrogen and oxygen atoms in total. The summed E-state index contributed by atoms with van der Waals surface area (Å²) < 4.78 is 0. The van der Waals surface area contributed by atoms with Crippen molar-refractivity contribution in [1.82, 2.24) is 4.98 Å². The summed E-state index contributed by atoms with van der Waals surface area (Å²) in [6.07, 6.45) is 1.16. The Bertz CT molecular complexity index is 539. The van der Waals surface area contributed by atoms with E-state index >= 15 is 0 Å². The molecule has 1 N–H and O–H groups in total. The minimum Gasteiger partial charge on any atom is -0.369 e. The van der Waals surface area contributed by atoms with Crippen molar-refractivity contribution in [2.75, 3.05) is 23.3 Å². The van der Waals surface area contributed by atoms with Crippen LogP contribution in [0.5, 0.6) is 0 Å². The van der Waals surface area contributed by atoms with Gasteiger partial charge in [0.1, 0.15) is 5.82 Å². The highest BCUT2D eigenvalue weighted by Gasteiger charge is 2.22. The Balaban J connectivity index is 1.63. The fourth-order valence-electron chi connectivity index (χ4n) is 2.58. The average molecular weight is 253 g/mol. The fraction of sp³-hybridized carbons (Fsp3) is 0.312. The summed E-state index contributed by atoms with van der Waals surface area (Å²) in [6.45, 7) is 4.17. The zero-order valence-electron chi connectivity index (χ0n) is 11.2. The lowest BCUT2D eigenvalue weighted by molar-refractivity contribution is 0.800. The van der Waals surface area contributed by atoms with Gasteiger partial charge in [-0.05, 0) is 37.6 Å². The first-order valence-electron chi connectivity index (χ1n) is 6.81. The van der Waals surface area contributed by atoms with Gasteiger partial charge in [-0.2, -0.15) is 0 Å². The summed E-state index contributed by atoms with van der Waals surface area (Å²) in [7, 11) is 0. The van der Waals surface area contributed by atoms with Gasteiger partial charge < -0.3 is 10.2 Å². The van der Waals surface area contributed by atoms with Crippen LogP contribution in [0.1, 0.15) is 12.1 Å². The summed E-state index contributed by atoms with van der Waals surface area (Å²) in [5.41, 5.74) is 2.37. The number of nitrogens with one attached hydrogen (secondary N) is 1. The number of hydrogen-bond acceptors (Lipinski definition) is 3. The zero-order chi connectivity index (χ0) is 13.1. The number of nitrogens with zero attached hydrogens (tertiary/aromatic N) is 2. The van der Waals surface area contributed by atoms with Crippen LogP contribution >= 0.6 is 0 Å². The molecule has 1 aliphatic heterocycles. The van der Waals surface area contributed by atoms with Crippen LogP contribution in [0.4, 0.5) is 11.5 Å². The molecule has 1 saturated heterocycles. The number of rotatable bonds is 3. The predicted octanol–water partition coefficient (Wildman–Crippen LogP) is 3.08. The third-order valence-electron chi connectivity index (χ3n) is 3.55. The lowest BCUT2D eigenvalue weighted by atomic mass is 10.2. The molecule has 2 aromatic rings. The van der Waals surface area contributed by atoms with Crippen molar-refractivity contribution < 1.29 is 0 Å². The lowest BCUT2D eigenvalue weighted by Crippen LogP contribution is -2.26. The molecule has 1 fully saturated rings. The molecule has 1 aromatic carbocycles. The molecule has 0 radical (unpaired) electrons. The number of aryl methyl sites for hydroxylation is 1. The molecule has 0 bridgehead atoms. The van der Waals surface area contributed by atoms with Crippen molar-refractivity contribution in [3.63, 3.8) is 0 Å². The summed E-state index contributed by atoms with van der Waals surface area (Å²) in [5.74, 6) is 0.986. The third kappa shape index (κ3) is 2.87. The molecule has 0 aliphatic carbocycles. The third-order valence-corrected chi connectivity index (χ3v) is 3.55. The van der Waals surface area contributed by atoms with Gasteiger partial charge >= 0.3 is 0 Å². The van der Waals surface area contributed by atoms with Crippen molar-refractivity contribution in [2.24, 2.45) is 0 Å². The van der Waals surface area contributed by atoms with Crippen LogP contribution in [0.2, 0.25) is 0 Å². The van der Waals surface area contributed by atoms with E-state index in [4.69, 9.17) is 0 Å². The Hall–Kier alpha value is -2.03. The van der Waals surface area contributed by atoms with Gasteiger partial charge in [0, 0.05) is 30.5 Å². The summed E-state index contributed by atoms with van der Waals surface area (Å²) in [6, 6.07) is 17.2. The number of anilines is 2. The maximum absolute atomic E-state index is 4.50. The smallest absolute Gasteiger partial charge is 0.126 e. The van der Waals surface area contributed by atoms with Gasteiger partial charge in [-0.15, -0.1) is 0 Å². The maximum atomic E-state index is 4.50. The summed E-state index contributed by atoms with van der Waals surface area (Å²) in [4.78, 5) is 6.93. The Morgan fingerprint density at radius 1 is 1.11 bits per heavy atom. The molecule has 2 heterocycles. The van der Waals surface area contributed by atoms with E-state index in [1.165, 1.54) is 5.69 Å². The van der Waals surface area contributed by atoms with Crippen LogP contribution < -0.4 is 10.2 Å². The summed E-state index contributed by atoms with van der Waals surface area (Å²) in [5, 5.41) is 3.53. The van der Waals surface area contributed by atoms with Crippen molar-refractivity contribution in [2.45, 2.75) is 19.4 Å². The Kier molecular flexibility index (Phi) is 3.36. The summed E-state index contributed by atoms with van der Waals surface area (Å²) >= 11 is 0. The molecule has 1 unspecified atom stereocenters. The van der Waals surface area contributed by atoms with E-state index in [0.717, 1.165) is 31.0 Å². The molecule has 0 saturated carbocycles. The molecular weight excluding hydrogens is 234 g/mol. The quantitative estimate of drug-likeness (QED) is 0.911. The number of benzene rings is 1. The first-order valence-corrected chi connectivity index (χ1v) is 6.81. The molecule has 98 valence electrons. The molecule has 3 rings (SSSR count). The van der Waals surface area contributed by atoms with E-state index in [-0.39, 0.29) is 0 Å². The van der Waals surface area contributed by atoms with Crippen LogP contribution in [0, 0.1) is 6.92 Å². The SMILES string of the molecule is Cc1cccc(NC2CCN(c3ccccc3)C2)n1. The molecule has 0 amide bonds. The minimum absolute atomic E-state index is 0.481. The number of pyridine rings is 1. The van der Waals surface area contributed by atoms with E-state index in [0.29, 0.717) is 6.04 Å². The highest BCUT2D eigenvalue weighted by atomic mass is 15.2. The van der Waals surface area contributed by atoms with Crippen molar-refractivity contribution in [3.8, 4) is 0 Å². The van der Waals surface area contributed by atoms with Gasteiger partial charge in [0.05, 0.1) is 0 Å². The van der Waals surface area contributed by atoms with E-state index < -0.39 is 0 Å². The van der Waals surface area contributed by atoms with Crippen LogP contribution in [0.25, 0.3) is 0 Å². The van der Waals surface area contributed by atoms with Crippen LogP contribution in [-0.2, 0) is 0 Å². The highest BCUT2D eigenvalue weighted by Crippen LogP contribution is 2.21. The number of aromatic nitrogens is 1. The van der Waals surface area contributed by atoms with E-state index in [9.17, 15) is 0 Å². The monoisotopic (exact) mass is 253 g/mol. The highest BCUT2D eigenvalue weighted by molar-refractivity contribution is 5.48. The molecule has 1 atom stereocenters. The van der Waals surface area contributed by atoms with Gasteiger partial charge in [0.15, 0.2) is 0 Å². The second kappa shape index (κ2) is 5.31. The van der Waals surface area contributed by atoms with Crippen LogP contribution in [0.3, 0.4) is 0 Å². The van der Waals surface area contributed by atoms with Crippen LogP contribution in [0.15, 0.2) is 48.5 Å². The second-order valence-electron chi connectivity index (χ2n) is 5.08. The normalized spacial score (nSPS) is 18.6. The average Bonchev–Trinajstić information content (AvgIpc) is 2.88. The van der Waals surface area contributed by atoms with Gasteiger partial charge in [-0.3, -0.25) is 0 Å². The van der Waals surface area contributed by atoms with E-state index in [1.54, 1.807) is 0 Å². The van der Waals surface area contributed by atoms with Gasteiger partial charge in [-0.25, -0.2) is 4.98 Å². The predicted molar refractivity (Wildman–Crippen MR) is 79.7 cm³/mol. The van der Waals surface area contributed by atoms with Crippen molar-refractivity contribution in [1.29, 1.82) is 0 Å². The second-order valence-corrected chi connectivity index (χ2v) is 5.08. The van der Waals surface area contributed by atoms with Gasteiger partial charge in [0.2, 0.25) is 0 Å². The fourth-order valence-corrected chi connectivity index (χ4v) is 2.58. The van der Waals surface area contributed by atoms with Crippen molar-refractivity contribution in [3.05, 3.63) is 54.2 Å². The Morgan fingerprint density at radius 2 is 1.95 bits per heavy atom.